The number of ketones is 2. The van der Waals surface area contributed by atoms with Crippen molar-refractivity contribution in [2.24, 2.45) is 40.4 Å². The number of rotatable bonds is 3. The molecule has 0 unspecified atom stereocenters. The van der Waals surface area contributed by atoms with Gasteiger partial charge in [0.2, 0.25) is 0 Å². The van der Waals surface area contributed by atoms with Crippen LogP contribution < -0.4 is 0 Å². The average Bonchev–Trinajstić information content (AvgIpc) is 2.97. The lowest BCUT2D eigenvalue weighted by Gasteiger charge is -2.60. The Morgan fingerprint density at radius 1 is 1.14 bits per heavy atom. The van der Waals surface area contributed by atoms with Gasteiger partial charge in [0.05, 0.1) is 6.10 Å². The minimum absolute atomic E-state index is 0.0423. The molecule has 5 nitrogen and oxygen atoms in total. The summed E-state index contributed by atoms with van der Waals surface area (Å²) in [5, 5.41) is 10.1. The van der Waals surface area contributed by atoms with Gasteiger partial charge in [0.1, 0.15) is 18.6 Å². The molecule has 4 aliphatic rings. The van der Waals surface area contributed by atoms with Gasteiger partial charge in [0, 0.05) is 25.2 Å². The maximum Gasteiger partial charge on any atom is 0.303 e. The van der Waals surface area contributed by atoms with Crippen LogP contribution in [0.1, 0.15) is 65.7 Å². The number of aliphatic hydroxyl groups excluding tert-OH is 1. The van der Waals surface area contributed by atoms with E-state index in [4.69, 9.17) is 4.74 Å². The van der Waals surface area contributed by atoms with Crippen LogP contribution in [0.2, 0.25) is 0 Å². The molecule has 9 atom stereocenters. The Bertz CT molecular complexity index is 722. The Labute approximate surface area is 171 Å². The molecule has 1 N–H and O–H groups in total. The van der Waals surface area contributed by atoms with Crippen LogP contribution in [0.15, 0.2) is 0 Å². The highest BCUT2D eigenvalue weighted by atomic mass is 19.1. The van der Waals surface area contributed by atoms with E-state index in [1.807, 2.05) is 6.92 Å². The standard InChI is InChI=1S/C23H33FO5/c1-12(25)29-11-20(28)16-5-4-15-14-9-18(24)17-8-13(26)6-7-22(17,2)21(14)19(27)10-23(15,16)3/h13-18,21,26H,4-11H2,1-3H3/t13-,14+,15+,16-,17+,18+,21-,22+,23+/m1/s1. The number of halogens is 1. The van der Waals surface area contributed by atoms with Gasteiger partial charge < -0.3 is 9.84 Å². The third kappa shape index (κ3) is 3.17. The van der Waals surface area contributed by atoms with E-state index in [-0.39, 0.29) is 47.8 Å². The SMILES string of the molecule is CC(=O)OCC(=O)[C@H]1CC[C@H]2[C@@H]3C[C@H](F)[C@@H]4C[C@H](O)CC[C@]4(C)[C@H]3C(=O)C[C@]12C. The molecule has 162 valence electrons. The third-order valence-corrected chi connectivity index (χ3v) is 9.10. The van der Waals surface area contributed by atoms with Crippen LogP contribution in [0.4, 0.5) is 4.39 Å². The first-order valence-electron chi connectivity index (χ1n) is 11.1. The van der Waals surface area contributed by atoms with Crippen molar-refractivity contribution >= 4 is 17.5 Å². The van der Waals surface area contributed by atoms with Gasteiger partial charge in [-0.2, -0.15) is 0 Å². The van der Waals surface area contributed by atoms with E-state index < -0.39 is 29.1 Å². The number of aliphatic hydroxyl groups is 1. The molecule has 0 bridgehead atoms. The topological polar surface area (TPSA) is 80.7 Å². The summed E-state index contributed by atoms with van der Waals surface area (Å²) in [6, 6.07) is 0. The fourth-order valence-corrected chi connectivity index (χ4v) is 7.85. The molecule has 0 heterocycles. The molecular weight excluding hydrogens is 375 g/mol. The molecule has 4 rings (SSSR count). The van der Waals surface area contributed by atoms with E-state index in [1.54, 1.807) is 0 Å². The normalized spacial score (nSPS) is 49.0. The number of carbonyl (C=O) groups excluding carboxylic acids is 3. The number of ether oxygens (including phenoxy) is 1. The molecule has 0 aliphatic heterocycles. The Kier molecular flexibility index (Phi) is 5.16. The first-order valence-corrected chi connectivity index (χ1v) is 11.1. The summed E-state index contributed by atoms with van der Waals surface area (Å²) in [6.45, 7) is 5.12. The molecule has 6 heteroatoms. The Morgan fingerprint density at radius 2 is 1.86 bits per heavy atom. The minimum Gasteiger partial charge on any atom is -0.458 e. The summed E-state index contributed by atoms with van der Waals surface area (Å²) < 4.78 is 20.3. The zero-order valence-electron chi connectivity index (χ0n) is 17.7. The van der Waals surface area contributed by atoms with Gasteiger partial charge in [-0.25, -0.2) is 4.39 Å². The highest BCUT2D eigenvalue weighted by molar-refractivity contribution is 5.89. The van der Waals surface area contributed by atoms with Crippen LogP contribution in [-0.4, -0.2) is 41.5 Å². The molecule has 0 aromatic rings. The van der Waals surface area contributed by atoms with Crippen LogP contribution in [0.25, 0.3) is 0 Å². The van der Waals surface area contributed by atoms with Crippen molar-refractivity contribution in [1.82, 2.24) is 0 Å². The molecule has 4 aliphatic carbocycles. The lowest BCUT2D eigenvalue weighted by Crippen LogP contribution is -2.60. The third-order valence-electron chi connectivity index (χ3n) is 9.10. The number of fused-ring (bicyclic) bond motifs is 5. The van der Waals surface area contributed by atoms with E-state index in [2.05, 4.69) is 6.92 Å². The Hall–Kier alpha value is -1.30. The highest BCUT2D eigenvalue weighted by Crippen LogP contribution is 2.66. The lowest BCUT2D eigenvalue weighted by atomic mass is 9.44. The molecule has 0 saturated heterocycles. The van der Waals surface area contributed by atoms with Crippen molar-refractivity contribution in [3.05, 3.63) is 0 Å². The summed E-state index contributed by atoms with van der Waals surface area (Å²) >= 11 is 0. The summed E-state index contributed by atoms with van der Waals surface area (Å²) in [6.07, 6.45) is 2.46. The lowest BCUT2D eigenvalue weighted by molar-refractivity contribution is -0.173. The maximum absolute atomic E-state index is 15.3. The second-order valence-corrected chi connectivity index (χ2v) is 10.6. The van der Waals surface area contributed by atoms with Crippen molar-refractivity contribution in [2.75, 3.05) is 6.61 Å². The molecule has 29 heavy (non-hydrogen) atoms. The highest BCUT2D eigenvalue weighted by Gasteiger charge is 2.65. The average molecular weight is 409 g/mol. The number of hydrogen-bond donors (Lipinski definition) is 1. The molecule has 4 fully saturated rings. The van der Waals surface area contributed by atoms with Crippen molar-refractivity contribution in [2.45, 2.75) is 78.0 Å². The maximum atomic E-state index is 15.3. The van der Waals surface area contributed by atoms with Gasteiger partial charge in [-0.15, -0.1) is 0 Å². The first-order chi connectivity index (χ1) is 13.6. The number of alkyl halides is 1. The number of esters is 1. The van der Waals surface area contributed by atoms with E-state index in [1.165, 1.54) is 6.92 Å². The monoisotopic (exact) mass is 408 g/mol. The van der Waals surface area contributed by atoms with Gasteiger partial charge in [-0.05, 0) is 67.1 Å². The smallest absolute Gasteiger partial charge is 0.303 e. The van der Waals surface area contributed by atoms with Crippen LogP contribution >= 0.6 is 0 Å². The Morgan fingerprint density at radius 3 is 2.55 bits per heavy atom. The van der Waals surface area contributed by atoms with Crippen molar-refractivity contribution in [1.29, 1.82) is 0 Å². The number of carbonyl (C=O) groups is 3. The van der Waals surface area contributed by atoms with E-state index in [0.717, 1.165) is 6.42 Å². The van der Waals surface area contributed by atoms with E-state index in [0.29, 0.717) is 38.5 Å². The Balaban J connectivity index is 1.62. The fourth-order valence-electron chi connectivity index (χ4n) is 7.85. The van der Waals surface area contributed by atoms with Crippen molar-refractivity contribution in [3.8, 4) is 0 Å². The van der Waals surface area contributed by atoms with E-state index in [9.17, 15) is 19.5 Å². The largest absolute Gasteiger partial charge is 0.458 e. The predicted molar refractivity (Wildman–Crippen MR) is 104 cm³/mol. The molecule has 0 spiro atoms. The van der Waals surface area contributed by atoms with Gasteiger partial charge >= 0.3 is 5.97 Å². The van der Waals surface area contributed by atoms with Crippen molar-refractivity contribution in [3.63, 3.8) is 0 Å². The van der Waals surface area contributed by atoms with Gasteiger partial charge in [-0.3, -0.25) is 14.4 Å². The molecule has 0 amide bonds. The molecule has 4 saturated carbocycles. The van der Waals surface area contributed by atoms with Gasteiger partial charge in [0.25, 0.3) is 0 Å². The summed E-state index contributed by atoms with van der Waals surface area (Å²) in [5.74, 6) is -1.09. The van der Waals surface area contributed by atoms with Crippen LogP contribution in [0.5, 0.6) is 0 Å². The minimum atomic E-state index is -1.01. The van der Waals surface area contributed by atoms with Crippen LogP contribution in [-0.2, 0) is 19.1 Å². The second-order valence-electron chi connectivity index (χ2n) is 10.6. The molecular formula is C23H33FO5. The first kappa shape index (κ1) is 21.0. The van der Waals surface area contributed by atoms with E-state index >= 15 is 4.39 Å². The zero-order valence-corrected chi connectivity index (χ0v) is 17.7. The fraction of sp³-hybridized carbons (Fsp3) is 0.870. The summed E-state index contributed by atoms with van der Waals surface area (Å²) in [7, 11) is 0. The van der Waals surface area contributed by atoms with Crippen LogP contribution in [0.3, 0.4) is 0 Å². The molecule has 0 aromatic heterocycles. The molecule has 0 radical (unpaired) electrons. The number of Topliss-reactive ketones (excluding diaryl/α,β-unsaturated/α-hetero) is 2. The predicted octanol–water partition coefficient (Wildman–Crippen LogP) is 3.27. The van der Waals surface area contributed by atoms with Crippen molar-refractivity contribution < 1.29 is 28.6 Å². The number of hydrogen-bond acceptors (Lipinski definition) is 5. The summed E-state index contributed by atoms with van der Waals surface area (Å²) in [5.41, 5.74) is -0.883. The second kappa shape index (κ2) is 7.14. The molecule has 0 aromatic carbocycles. The quantitative estimate of drug-likeness (QED) is 0.725. The van der Waals surface area contributed by atoms with Gasteiger partial charge in [0.15, 0.2) is 5.78 Å². The van der Waals surface area contributed by atoms with Gasteiger partial charge in [-0.1, -0.05) is 13.8 Å². The summed E-state index contributed by atoms with van der Waals surface area (Å²) in [4.78, 5) is 37.4. The zero-order chi connectivity index (χ0) is 21.1. The van der Waals surface area contributed by atoms with Crippen LogP contribution in [0, 0.1) is 40.4 Å².